The van der Waals surface area contributed by atoms with Gasteiger partial charge in [-0.3, -0.25) is 14.8 Å². The van der Waals surface area contributed by atoms with Gasteiger partial charge in [0, 0.05) is 11.6 Å². The maximum atomic E-state index is 11.6. The fourth-order valence-corrected chi connectivity index (χ4v) is 1.93. The molecule has 0 fully saturated rings. The molecule has 2 aromatic heterocycles. The van der Waals surface area contributed by atoms with Crippen molar-refractivity contribution >= 4 is 21.8 Å². The number of rotatable bonds is 0. The summed E-state index contributed by atoms with van der Waals surface area (Å²) in [7, 11) is 0. The van der Waals surface area contributed by atoms with E-state index in [2.05, 4.69) is 15.0 Å². The van der Waals surface area contributed by atoms with Gasteiger partial charge in [0.05, 0.1) is 16.4 Å². The molecule has 0 aliphatic rings. The standard InChI is InChI=1S/C12H9N3O2/c1-6-2-3-7-9(4-6)13-5-8-10(7)14-12(17)15-11(8)16/h2-5H,1H3,(H2,14,15,16,17). The molecule has 1 aromatic carbocycles. The minimum Gasteiger partial charge on any atom is -0.306 e. The summed E-state index contributed by atoms with van der Waals surface area (Å²) < 4.78 is 0. The van der Waals surface area contributed by atoms with E-state index in [1.54, 1.807) is 0 Å². The number of hydrogen-bond donors (Lipinski definition) is 2. The van der Waals surface area contributed by atoms with Crippen LogP contribution in [-0.2, 0) is 0 Å². The third-order valence-electron chi connectivity index (χ3n) is 2.73. The molecule has 84 valence electrons. The zero-order valence-electron chi connectivity index (χ0n) is 9.07. The molecular formula is C12H9N3O2. The van der Waals surface area contributed by atoms with E-state index in [-0.39, 0.29) is 0 Å². The summed E-state index contributed by atoms with van der Waals surface area (Å²) in [6.07, 6.45) is 1.48. The predicted octanol–water partition coefficient (Wildman–Crippen LogP) is 1.07. The molecule has 0 aliphatic heterocycles. The number of H-pyrrole nitrogens is 2. The summed E-state index contributed by atoms with van der Waals surface area (Å²) in [6.45, 7) is 1.96. The Morgan fingerprint density at radius 1 is 1.12 bits per heavy atom. The van der Waals surface area contributed by atoms with E-state index in [1.807, 2.05) is 25.1 Å². The average molecular weight is 227 g/mol. The first-order valence-corrected chi connectivity index (χ1v) is 5.17. The van der Waals surface area contributed by atoms with Crippen LogP contribution in [0.5, 0.6) is 0 Å². The molecule has 0 aliphatic carbocycles. The highest BCUT2D eigenvalue weighted by atomic mass is 16.2. The van der Waals surface area contributed by atoms with Gasteiger partial charge in [-0.15, -0.1) is 0 Å². The lowest BCUT2D eigenvalue weighted by molar-refractivity contribution is 1.08. The van der Waals surface area contributed by atoms with E-state index in [4.69, 9.17) is 0 Å². The van der Waals surface area contributed by atoms with E-state index >= 15 is 0 Å². The van der Waals surface area contributed by atoms with E-state index in [9.17, 15) is 9.59 Å². The van der Waals surface area contributed by atoms with Gasteiger partial charge in [0.1, 0.15) is 0 Å². The predicted molar refractivity (Wildman–Crippen MR) is 65.2 cm³/mol. The van der Waals surface area contributed by atoms with Gasteiger partial charge in [-0.1, -0.05) is 12.1 Å². The van der Waals surface area contributed by atoms with Crippen LogP contribution in [0.1, 0.15) is 5.56 Å². The lowest BCUT2D eigenvalue weighted by atomic mass is 10.1. The van der Waals surface area contributed by atoms with Crippen molar-refractivity contribution in [2.45, 2.75) is 6.92 Å². The third kappa shape index (κ3) is 1.44. The molecule has 0 radical (unpaired) electrons. The Balaban J connectivity index is 2.64. The number of aromatic nitrogens is 3. The minimum absolute atomic E-state index is 0.390. The lowest BCUT2D eigenvalue weighted by Crippen LogP contribution is -2.22. The van der Waals surface area contributed by atoms with Crippen molar-refractivity contribution in [3.05, 3.63) is 50.8 Å². The number of aryl methyl sites for hydroxylation is 1. The van der Waals surface area contributed by atoms with E-state index in [0.29, 0.717) is 10.9 Å². The molecule has 0 saturated heterocycles. The highest BCUT2D eigenvalue weighted by Crippen LogP contribution is 2.19. The first-order chi connectivity index (χ1) is 8.15. The third-order valence-corrected chi connectivity index (χ3v) is 2.73. The van der Waals surface area contributed by atoms with Gasteiger partial charge in [-0.25, -0.2) is 4.79 Å². The van der Waals surface area contributed by atoms with Crippen LogP contribution in [0, 0.1) is 6.92 Å². The molecule has 0 saturated carbocycles. The van der Waals surface area contributed by atoms with Crippen LogP contribution in [-0.4, -0.2) is 15.0 Å². The van der Waals surface area contributed by atoms with Gasteiger partial charge in [0.25, 0.3) is 5.56 Å². The van der Waals surface area contributed by atoms with Crippen LogP contribution in [0.4, 0.5) is 0 Å². The van der Waals surface area contributed by atoms with Crippen LogP contribution in [0.3, 0.4) is 0 Å². The zero-order valence-corrected chi connectivity index (χ0v) is 9.07. The van der Waals surface area contributed by atoms with Crippen molar-refractivity contribution in [1.82, 2.24) is 15.0 Å². The molecule has 2 N–H and O–H groups in total. The van der Waals surface area contributed by atoms with Gasteiger partial charge in [-0.05, 0) is 18.6 Å². The largest absolute Gasteiger partial charge is 0.326 e. The molecule has 3 aromatic rings. The van der Waals surface area contributed by atoms with Gasteiger partial charge >= 0.3 is 5.69 Å². The quantitative estimate of drug-likeness (QED) is 0.564. The topological polar surface area (TPSA) is 78.6 Å². The lowest BCUT2D eigenvalue weighted by Gasteiger charge is -2.02. The second-order valence-corrected chi connectivity index (χ2v) is 3.98. The van der Waals surface area contributed by atoms with Crippen molar-refractivity contribution < 1.29 is 0 Å². The molecule has 5 nitrogen and oxygen atoms in total. The molecule has 0 bridgehead atoms. The summed E-state index contributed by atoms with van der Waals surface area (Å²) >= 11 is 0. The van der Waals surface area contributed by atoms with Crippen molar-refractivity contribution in [3.63, 3.8) is 0 Å². The summed E-state index contributed by atoms with van der Waals surface area (Å²) in [5.41, 5.74) is 1.45. The summed E-state index contributed by atoms with van der Waals surface area (Å²) in [5.74, 6) is 0. The van der Waals surface area contributed by atoms with E-state index < -0.39 is 11.2 Å². The summed E-state index contributed by atoms with van der Waals surface area (Å²) in [4.78, 5) is 31.9. The number of aromatic amines is 2. The Kier molecular flexibility index (Phi) is 1.89. The Labute approximate surface area is 95.1 Å². The smallest absolute Gasteiger partial charge is 0.306 e. The fourth-order valence-electron chi connectivity index (χ4n) is 1.93. The van der Waals surface area contributed by atoms with Gasteiger partial charge in [-0.2, -0.15) is 0 Å². The average Bonchev–Trinajstić information content (AvgIpc) is 2.27. The number of pyridine rings is 1. The molecule has 0 atom stereocenters. The Bertz CT molecular complexity index is 846. The Morgan fingerprint density at radius 2 is 1.94 bits per heavy atom. The summed E-state index contributed by atoms with van der Waals surface area (Å²) in [6, 6.07) is 5.69. The number of fused-ring (bicyclic) bond motifs is 3. The fraction of sp³-hybridized carbons (Fsp3) is 0.0833. The maximum absolute atomic E-state index is 11.6. The highest BCUT2D eigenvalue weighted by Gasteiger charge is 2.06. The molecule has 17 heavy (non-hydrogen) atoms. The number of benzene rings is 1. The van der Waals surface area contributed by atoms with Crippen molar-refractivity contribution in [2.24, 2.45) is 0 Å². The molecule has 0 spiro atoms. The van der Waals surface area contributed by atoms with Gasteiger partial charge in [0.2, 0.25) is 0 Å². The van der Waals surface area contributed by atoms with Crippen LogP contribution in [0.15, 0.2) is 34.0 Å². The maximum Gasteiger partial charge on any atom is 0.326 e. The minimum atomic E-state index is -0.504. The van der Waals surface area contributed by atoms with Gasteiger partial charge < -0.3 is 4.98 Å². The first-order valence-electron chi connectivity index (χ1n) is 5.17. The Hall–Kier alpha value is -2.43. The van der Waals surface area contributed by atoms with Crippen LogP contribution in [0.25, 0.3) is 21.8 Å². The van der Waals surface area contributed by atoms with Crippen molar-refractivity contribution in [1.29, 1.82) is 0 Å². The SMILES string of the molecule is Cc1ccc2c(c1)ncc1c(=O)[nH]c(=O)[nH]c12. The van der Waals surface area contributed by atoms with E-state index in [0.717, 1.165) is 16.5 Å². The van der Waals surface area contributed by atoms with Gasteiger partial charge in [0.15, 0.2) is 0 Å². The van der Waals surface area contributed by atoms with E-state index in [1.165, 1.54) is 6.20 Å². The van der Waals surface area contributed by atoms with Crippen LogP contribution < -0.4 is 11.2 Å². The van der Waals surface area contributed by atoms with Crippen LogP contribution in [0.2, 0.25) is 0 Å². The molecule has 2 heterocycles. The number of nitrogens with zero attached hydrogens (tertiary/aromatic N) is 1. The number of nitrogens with one attached hydrogen (secondary N) is 2. The highest BCUT2D eigenvalue weighted by molar-refractivity contribution is 6.02. The monoisotopic (exact) mass is 227 g/mol. The zero-order chi connectivity index (χ0) is 12.0. The second-order valence-electron chi connectivity index (χ2n) is 3.98. The molecule has 0 amide bonds. The normalized spacial score (nSPS) is 11.1. The Morgan fingerprint density at radius 3 is 2.76 bits per heavy atom. The molecular weight excluding hydrogens is 218 g/mol. The molecule has 3 rings (SSSR count). The van der Waals surface area contributed by atoms with Crippen LogP contribution >= 0.6 is 0 Å². The number of hydrogen-bond acceptors (Lipinski definition) is 3. The second kappa shape index (κ2) is 3.28. The molecule has 0 unspecified atom stereocenters. The van der Waals surface area contributed by atoms with Crippen molar-refractivity contribution in [3.8, 4) is 0 Å². The first kappa shape index (κ1) is 9.77. The molecule has 5 heteroatoms. The van der Waals surface area contributed by atoms with Crippen molar-refractivity contribution in [2.75, 3.05) is 0 Å². The summed E-state index contributed by atoms with van der Waals surface area (Å²) in [5, 5.41) is 1.16.